The number of nitrogens with zero attached hydrogens (tertiary/aromatic N) is 1. The maximum absolute atomic E-state index is 12.0. The summed E-state index contributed by atoms with van der Waals surface area (Å²) in [4.78, 5) is 25.7. The molecule has 1 saturated heterocycles. The van der Waals surface area contributed by atoms with E-state index in [1.54, 1.807) is 13.8 Å². The second kappa shape index (κ2) is 7.85. The van der Waals surface area contributed by atoms with Crippen LogP contribution in [0.2, 0.25) is 0 Å². The van der Waals surface area contributed by atoms with Gasteiger partial charge in [0, 0.05) is 31.0 Å². The van der Waals surface area contributed by atoms with Crippen LogP contribution in [0.1, 0.15) is 32.3 Å². The molecule has 0 aliphatic carbocycles. The lowest BCUT2D eigenvalue weighted by molar-refractivity contribution is -0.120. The Morgan fingerprint density at radius 2 is 1.96 bits per heavy atom. The molecule has 3 amide bonds. The Bertz CT molecular complexity index is 568. The lowest BCUT2D eigenvalue weighted by Crippen LogP contribution is -2.45. The molecule has 6 heteroatoms. The molecule has 1 fully saturated rings. The first-order valence-electron chi connectivity index (χ1n) is 8.22. The summed E-state index contributed by atoms with van der Waals surface area (Å²) in [7, 11) is 0. The second-order valence-corrected chi connectivity index (χ2v) is 5.91. The number of carbonyl (C=O) groups excluding carboxylic acids is 2. The van der Waals surface area contributed by atoms with E-state index in [2.05, 4.69) is 33.8 Å². The minimum Gasteiger partial charge on any atom is -0.374 e. The van der Waals surface area contributed by atoms with Gasteiger partial charge in [-0.25, -0.2) is 4.79 Å². The van der Waals surface area contributed by atoms with Gasteiger partial charge >= 0.3 is 6.03 Å². The minimum absolute atomic E-state index is 0.350. The molecule has 1 unspecified atom stereocenters. The quantitative estimate of drug-likeness (QED) is 0.778. The first-order valence-corrected chi connectivity index (χ1v) is 8.22. The van der Waals surface area contributed by atoms with Gasteiger partial charge in [-0.3, -0.25) is 10.1 Å². The molecule has 0 spiro atoms. The predicted octanol–water partition coefficient (Wildman–Crippen LogP) is 2.24. The summed E-state index contributed by atoms with van der Waals surface area (Å²) in [5, 5.41) is 7.99. The Morgan fingerprint density at radius 1 is 1.26 bits per heavy atom. The third kappa shape index (κ3) is 4.61. The lowest BCUT2D eigenvalue weighted by atomic mass is 10.1. The number of anilines is 2. The third-order valence-corrected chi connectivity index (χ3v) is 3.99. The average molecular weight is 318 g/mol. The van der Waals surface area contributed by atoms with Crippen molar-refractivity contribution in [3.05, 3.63) is 23.8 Å². The molecule has 1 heterocycles. The van der Waals surface area contributed by atoms with Crippen LogP contribution in [0.25, 0.3) is 0 Å². The maximum Gasteiger partial charge on any atom is 0.321 e. The molecule has 1 atom stereocenters. The van der Waals surface area contributed by atoms with E-state index in [0.717, 1.165) is 18.8 Å². The summed E-state index contributed by atoms with van der Waals surface area (Å²) in [5.41, 5.74) is 3.32. The highest BCUT2D eigenvalue weighted by atomic mass is 16.2. The summed E-state index contributed by atoms with van der Waals surface area (Å²) >= 11 is 0. The van der Waals surface area contributed by atoms with Gasteiger partial charge in [-0.2, -0.15) is 0 Å². The normalized spacial score (nSPS) is 15.2. The number of urea groups is 1. The highest BCUT2D eigenvalue weighted by Gasteiger charge is 2.17. The molecular formula is C17H26N4O2. The second-order valence-electron chi connectivity index (χ2n) is 5.91. The van der Waals surface area contributed by atoms with Gasteiger partial charge < -0.3 is 15.5 Å². The fraction of sp³-hybridized carbons (Fsp3) is 0.529. The number of hydrogen-bond donors (Lipinski definition) is 3. The number of rotatable bonds is 5. The van der Waals surface area contributed by atoms with Crippen molar-refractivity contribution >= 4 is 23.3 Å². The average Bonchev–Trinajstić information content (AvgIpc) is 3.01. The van der Waals surface area contributed by atoms with Gasteiger partial charge in [0.25, 0.3) is 0 Å². The van der Waals surface area contributed by atoms with Gasteiger partial charge in [0.2, 0.25) is 5.91 Å². The molecule has 6 nitrogen and oxygen atoms in total. The highest BCUT2D eigenvalue weighted by Crippen LogP contribution is 2.26. The monoisotopic (exact) mass is 318 g/mol. The predicted molar refractivity (Wildman–Crippen MR) is 92.9 cm³/mol. The van der Waals surface area contributed by atoms with Crippen molar-refractivity contribution < 1.29 is 9.59 Å². The van der Waals surface area contributed by atoms with E-state index in [9.17, 15) is 9.59 Å². The molecule has 0 saturated carbocycles. The van der Waals surface area contributed by atoms with Crippen LogP contribution in [0.5, 0.6) is 0 Å². The van der Waals surface area contributed by atoms with Crippen molar-refractivity contribution in [1.29, 1.82) is 0 Å². The number of aryl methyl sites for hydroxylation is 1. The summed E-state index contributed by atoms with van der Waals surface area (Å²) in [6, 6.07) is 5.17. The molecule has 0 aromatic heterocycles. The highest BCUT2D eigenvalue weighted by molar-refractivity contribution is 5.98. The molecule has 1 aromatic carbocycles. The first kappa shape index (κ1) is 17.1. The molecule has 23 heavy (non-hydrogen) atoms. The van der Waals surface area contributed by atoms with Gasteiger partial charge in [0.1, 0.15) is 6.04 Å². The SMILES string of the molecule is CCNC(=O)NC(=O)C(C)Nc1ccc(N2CCCC2)c(C)c1. The summed E-state index contributed by atoms with van der Waals surface area (Å²) in [6.45, 7) is 8.32. The van der Waals surface area contributed by atoms with E-state index in [4.69, 9.17) is 0 Å². The van der Waals surface area contributed by atoms with E-state index < -0.39 is 12.1 Å². The van der Waals surface area contributed by atoms with E-state index >= 15 is 0 Å². The molecule has 2 rings (SSSR count). The summed E-state index contributed by atoms with van der Waals surface area (Å²) < 4.78 is 0. The molecule has 1 aliphatic heterocycles. The summed E-state index contributed by atoms with van der Waals surface area (Å²) in [5.74, 6) is -0.350. The van der Waals surface area contributed by atoms with Crippen LogP contribution in [-0.4, -0.2) is 37.6 Å². The van der Waals surface area contributed by atoms with Crippen LogP contribution in [0.3, 0.4) is 0 Å². The number of imide groups is 1. The van der Waals surface area contributed by atoms with E-state index in [-0.39, 0.29) is 5.91 Å². The van der Waals surface area contributed by atoms with Crippen LogP contribution < -0.4 is 20.9 Å². The van der Waals surface area contributed by atoms with E-state index in [0.29, 0.717) is 6.54 Å². The van der Waals surface area contributed by atoms with Gasteiger partial charge in [-0.1, -0.05) is 0 Å². The van der Waals surface area contributed by atoms with E-state index in [1.807, 2.05) is 12.1 Å². The minimum atomic E-state index is -0.491. The van der Waals surface area contributed by atoms with Gasteiger partial charge in [0.05, 0.1) is 0 Å². The molecule has 1 aromatic rings. The smallest absolute Gasteiger partial charge is 0.321 e. The fourth-order valence-corrected chi connectivity index (χ4v) is 2.80. The van der Waals surface area contributed by atoms with Crippen LogP contribution in [0.4, 0.5) is 16.2 Å². The van der Waals surface area contributed by atoms with Crippen LogP contribution in [0, 0.1) is 6.92 Å². The Labute approximate surface area is 137 Å². The van der Waals surface area contributed by atoms with Gasteiger partial charge in [-0.15, -0.1) is 0 Å². The van der Waals surface area contributed by atoms with Crippen molar-refractivity contribution in [1.82, 2.24) is 10.6 Å². The van der Waals surface area contributed by atoms with Crippen molar-refractivity contribution in [3.8, 4) is 0 Å². The first-order chi connectivity index (χ1) is 11.0. The molecule has 3 N–H and O–H groups in total. The zero-order valence-corrected chi connectivity index (χ0v) is 14.1. The number of amides is 3. The van der Waals surface area contributed by atoms with Crippen LogP contribution in [0.15, 0.2) is 18.2 Å². The van der Waals surface area contributed by atoms with Crippen molar-refractivity contribution in [2.45, 2.75) is 39.7 Å². The fourth-order valence-electron chi connectivity index (χ4n) is 2.80. The Hall–Kier alpha value is -2.24. The van der Waals surface area contributed by atoms with Crippen LogP contribution in [-0.2, 0) is 4.79 Å². The number of hydrogen-bond acceptors (Lipinski definition) is 4. The topological polar surface area (TPSA) is 73.5 Å². The van der Waals surface area contributed by atoms with Crippen molar-refractivity contribution in [2.24, 2.45) is 0 Å². The zero-order chi connectivity index (χ0) is 16.8. The summed E-state index contributed by atoms with van der Waals surface area (Å²) in [6.07, 6.45) is 2.49. The molecule has 0 bridgehead atoms. The Kier molecular flexibility index (Phi) is 5.84. The maximum atomic E-state index is 12.0. The Balaban J connectivity index is 1.95. The number of benzene rings is 1. The van der Waals surface area contributed by atoms with Crippen LogP contribution >= 0.6 is 0 Å². The number of nitrogens with one attached hydrogen (secondary N) is 3. The van der Waals surface area contributed by atoms with Gasteiger partial charge in [-0.05, 0) is 57.4 Å². The van der Waals surface area contributed by atoms with Crippen molar-refractivity contribution in [3.63, 3.8) is 0 Å². The molecular weight excluding hydrogens is 292 g/mol. The third-order valence-electron chi connectivity index (χ3n) is 3.99. The van der Waals surface area contributed by atoms with Crippen molar-refractivity contribution in [2.75, 3.05) is 29.9 Å². The lowest BCUT2D eigenvalue weighted by Gasteiger charge is -2.22. The van der Waals surface area contributed by atoms with Gasteiger partial charge in [0.15, 0.2) is 0 Å². The Morgan fingerprint density at radius 3 is 2.57 bits per heavy atom. The van der Waals surface area contributed by atoms with E-state index in [1.165, 1.54) is 24.1 Å². The molecule has 1 aliphatic rings. The molecule has 126 valence electrons. The molecule has 0 radical (unpaired) electrons. The number of carbonyl (C=O) groups is 2. The largest absolute Gasteiger partial charge is 0.374 e. The zero-order valence-electron chi connectivity index (χ0n) is 14.1. The standard InChI is InChI=1S/C17H26N4O2/c1-4-18-17(23)20-16(22)13(3)19-14-7-8-15(12(2)11-14)21-9-5-6-10-21/h7-8,11,13,19H,4-6,9-10H2,1-3H3,(H2,18,20,22,23).